The Morgan fingerprint density at radius 2 is 1.04 bits per heavy atom. The van der Waals surface area contributed by atoms with Crippen molar-refractivity contribution >= 4 is 55.4 Å². The summed E-state index contributed by atoms with van der Waals surface area (Å²) >= 11 is 1.94. The second-order valence-corrected chi connectivity index (χ2v) is 17.1. The maximum Gasteiger partial charge on any atom is 0.0765 e. The molecule has 0 N–H and O–H groups in total. The van der Waals surface area contributed by atoms with Crippen molar-refractivity contribution in [2.24, 2.45) is 0 Å². The molecule has 2 aromatic heterocycles. The van der Waals surface area contributed by atoms with Gasteiger partial charge in [0.25, 0.3) is 0 Å². The molecule has 0 radical (unpaired) electrons. The molecule has 2 aliphatic heterocycles. The van der Waals surface area contributed by atoms with Crippen LogP contribution in [0.2, 0.25) is 0 Å². The number of rotatable bonds is 1. The van der Waals surface area contributed by atoms with Crippen molar-refractivity contribution in [1.29, 1.82) is 0 Å². The van der Waals surface area contributed by atoms with E-state index < -0.39 is 5.41 Å². The van der Waals surface area contributed by atoms with Crippen molar-refractivity contribution in [3.8, 4) is 22.5 Å². The van der Waals surface area contributed by atoms with Crippen LogP contribution in [0.1, 0.15) is 47.2 Å². The van der Waals surface area contributed by atoms with Crippen LogP contribution < -0.4 is 0 Å². The third-order valence-corrected chi connectivity index (χ3v) is 14.4. The first-order valence-corrected chi connectivity index (χ1v) is 20.1. The Bertz CT molecular complexity index is 3340. The fourth-order valence-corrected chi connectivity index (χ4v) is 12.3. The largest absolute Gasteiger partial charge is 0.309 e. The van der Waals surface area contributed by atoms with E-state index in [1.54, 1.807) is 0 Å². The molecule has 1 aliphatic carbocycles. The van der Waals surface area contributed by atoms with Gasteiger partial charge in [-0.2, -0.15) is 0 Å². The molecule has 0 saturated heterocycles. The fraction of sp³-hybridized carbons (Fsp3) is 0.0769. The SMILES string of the molecule is CC1(C)c2ccccc2-c2ccc(-n3c4ccccc4c4ccc5c(c43)Sc3ccccc3C53c4ccccc4-n4c5ccccc5c5cccc3c54)cc21. The Morgan fingerprint density at radius 1 is 0.418 bits per heavy atom. The molecule has 2 nitrogen and oxygen atoms in total. The number of fused-ring (bicyclic) bond motifs is 18. The van der Waals surface area contributed by atoms with Gasteiger partial charge in [0.05, 0.1) is 33.2 Å². The molecule has 1 spiro atoms. The minimum atomic E-state index is -0.533. The molecule has 4 heterocycles. The van der Waals surface area contributed by atoms with Crippen LogP contribution in [-0.4, -0.2) is 9.13 Å². The highest BCUT2D eigenvalue weighted by Gasteiger charge is 2.50. The quantitative estimate of drug-likeness (QED) is 0.164. The number of aromatic nitrogens is 2. The lowest BCUT2D eigenvalue weighted by Gasteiger charge is -2.45. The monoisotopic (exact) mass is 718 g/mol. The van der Waals surface area contributed by atoms with Gasteiger partial charge in [0.1, 0.15) is 0 Å². The first-order valence-electron chi connectivity index (χ1n) is 19.3. The molecule has 1 unspecified atom stereocenters. The molecule has 0 amide bonds. The molecule has 258 valence electrons. The Balaban J connectivity index is 1.19. The van der Waals surface area contributed by atoms with Gasteiger partial charge in [-0.1, -0.05) is 159 Å². The predicted octanol–water partition coefficient (Wildman–Crippen LogP) is 13.3. The lowest BCUT2D eigenvalue weighted by atomic mass is 9.62. The maximum absolute atomic E-state index is 2.57. The number of para-hydroxylation sites is 4. The molecule has 13 rings (SSSR count). The Kier molecular flexibility index (Phi) is 5.61. The molecule has 0 saturated carbocycles. The number of hydrogen-bond donors (Lipinski definition) is 0. The summed E-state index contributed by atoms with van der Waals surface area (Å²) in [6, 6.07) is 64.3. The molecule has 3 heteroatoms. The van der Waals surface area contributed by atoms with Gasteiger partial charge in [-0.15, -0.1) is 0 Å². The van der Waals surface area contributed by atoms with Crippen molar-refractivity contribution < 1.29 is 0 Å². The Labute approximate surface area is 323 Å². The summed E-state index contributed by atoms with van der Waals surface area (Å²) in [6.07, 6.45) is 0. The second-order valence-electron chi connectivity index (χ2n) is 16.0. The third kappa shape index (κ3) is 3.50. The van der Waals surface area contributed by atoms with E-state index in [0.717, 1.165) is 0 Å². The lowest BCUT2D eigenvalue weighted by molar-refractivity contribution is 0.660. The Morgan fingerprint density at radius 3 is 1.87 bits per heavy atom. The summed E-state index contributed by atoms with van der Waals surface area (Å²) in [5, 5.41) is 5.16. The zero-order valence-electron chi connectivity index (χ0n) is 30.5. The van der Waals surface area contributed by atoms with Crippen molar-refractivity contribution in [1.82, 2.24) is 9.13 Å². The highest BCUT2D eigenvalue weighted by molar-refractivity contribution is 7.99. The zero-order chi connectivity index (χ0) is 36.2. The predicted molar refractivity (Wildman–Crippen MR) is 229 cm³/mol. The van der Waals surface area contributed by atoms with Gasteiger partial charge in [0.2, 0.25) is 0 Å². The van der Waals surface area contributed by atoms with E-state index in [2.05, 4.69) is 193 Å². The van der Waals surface area contributed by atoms with Crippen LogP contribution in [0.4, 0.5) is 0 Å². The zero-order valence-corrected chi connectivity index (χ0v) is 31.3. The molecule has 8 aromatic carbocycles. The van der Waals surface area contributed by atoms with Crippen LogP contribution in [0.15, 0.2) is 180 Å². The summed E-state index contributed by atoms with van der Waals surface area (Å²) in [6.45, 7) is 4.76. The van der Waals surface area contributed by atoms with Crippen LogP contribution >= 0.6 is 11.8 Å². The number of nitrogens with zero attached hydrogens (tertiary/aromatic N) is 2. The summed E-state index contributed by atoms with van der Waals surface area (Å²) in [5.41, 5.74) is 17.7. The number of benzene rings is 8. The number of hydrogen-bond acceptors (Lipinski definition) is 1. The van der Waals surface area contributed by atoms with E-state index in [9.17, 15) is 0 Å². The summed E-state index contributed by atoms with van der Waals surface area (Å²) in [4.78, 5) is 2.63. The van der Waals surface area contributed by atoms with Gasteiger partial charge in [-0.05, 0) is 80.9 Å². The van der Waals surface area contributed by atoms with Gasteiger partial charge >= 0.3 is 0 Å². The van der Waals surface area contributed by atoms with E-state index in [1.807, 2.05) is 11.8 Å². The first-order chi connectivity index (χ1) is 27.1. The average molecular weight is 719 g/mol. The van der Waals surface area contributed by atoms with Gasteiger partial charge < -0.3 is 9.13 Å². The molecule has 3 aliphatic rings. The van der Waals surface area contributed by atoms with Crippen LogP contribution in [0.25, 0.3) is 66.1 Å². The van der Waals surface area contributed by atoms with E-state index in [1.165, 1.54) is 109 Å². The van der Waals surface area contributed by atoms with E-state index >= 15 is 0 Å². The first kappa shape index (κ1) is 30.1. The third-order valence-electron chi connectivity index (χ3n) is 13.2. The molecule has 10 aromatic rings. The van der Waals surface area contributed by atoms with Crippen molar-refractivity contribution in [3.05, 3.63) is 203 Å². The van der Waals surface area contributed by atoms with Crippen molar-refractivity contribution in [2.45, 2.75) is 34.5 Å². The topological polar surface area (TPSA) is 9.86 Å². The molecule has 55 heavy (non-hydrogen) atoms. The smallest absolute Gasteiger partial charge is 0.0765 e. The molecule has 0 fully saturated rings. The normalized spacial score (nSPS) is 17.1. The van der Waals surface area contributed by atoms with E-state index in [0.29, 0.717) is 0 Å². The van der Waals surface area contributed by atoms with Crippen LogP contribution in [0.3, 0.4) is 0 Å². The standard InChI is InChI=1S/C52H34N2S/c1-51(2)38-18-6-3-14-32(38)33-27-26-31(30-43(33)51)53-44-22-9-4-16-35(44)37-28-29-42-50(49(37)53)55-47-25-12-8-20-40(47)52(42)39-19-7-11-24-46(39)54-45-23-10-5-15-34(45)36-17-13-21-41(52)48(36)54/h3-30H,1-2H3. The molecular weight excluding hydrogens is 685 g/mol. The molecule has 1 atom stereocenters. The van der Waals surface area contributed by atoms with E-state index in [4.69, 9.17) is 0 Å². The average Bonchev–Trinajstić information content (AvgIpc) is 3.84. The second kappa shape index (κ2) is 10.3. The Hall–Kier alpha value is -6.29. The minimum Gasteiger partial charge on any atom is -0.309 e. The van der Waals surface area contributed by atoms with Gasteiger partial charge in [-0.25, -0.2) is 0 Å². The van der Waals surface area contributed by atoms with Crippen LogP contribution in [0, 0.1) is 0 Å². The van der Waals surface area contributed by atoms with Gasteiger partial charge in [0.15, 0.2) is 0 Å². The van der Waals surface area contributed by atoms with E-state index in [-0.39, 0.29) is 5.41 Å². The maximum atomic E-state index is 2.57. The summed E-state index contributed by atoms with van der Waals surface area (Å²) in [7, 11) is 0. The minimum absolute atomic E-state index is 0.0964. The van der Waals surface area contributed by atoms with Gasteiger partial charge in [0, 0.05) is 42.4 Å². The van der Waals surface area contributed by atoms with Crippen molar-refractivity contribution in [3.63, 3.8) is 0 Å². The highest BCUT2D eigenvalue weighted by Crippen LogP contribution is 2.62. The molecular formula is C52H34N2S. The summed E-state index contributed by atoms with van der Waals surface area (Å²) in [5.74, 6) is 0. The van der Waals surface area contributed by atoms with Crippen LogP contribution in [-0.2, 0) is 10.8 Å². The lowest BCUT2D eigenvalue weighted by Crippen LogP contribution is -2.37. The molecule has 0 bridgehead atoms. The van der Waals surface area contributed by atoms with Crippen molar-refractivity contribution in [2.75, 3.05) is 0 Å². The van der Waals surface area contributed by atoms with Gasteiger partial charge in [-0.3, -0.25) is 0 Å². The van der Waals surface area contributed by atoms with Crippen LogP contribution in [0.5, 0.6) is 0 Å². The highest BCUT2D eigenvalue weighted by atomic mass is 32.2. The summed E-state index contributed by atoms with van der Waals surface area (Å²) < 4.78 is 5.11. The fourth-order valence-electron chi connectivity index (χ4n) is 10.9.